The molecule has 2 amide bonds. The summed E-state index contributed by atoms with van der Waals surface area (Å²) < 4.78 is 5.30. The number of carbonyl (C=O) groups excluding carboxylic acids is 2. The first-order valence-corrected chi connectivity index (χ1v) is 7.08. The first kappa shape index (κ1) is 16.4. The lowest BCUT2D eigenvalue weighted by Gasteiger charge is -2.36. The molecule has 0 bridgehead atoms. The van der Waals surface area contributed by atoms with Gasteiger partial charge in [0, 0.05) is 13.1 Å². The van der Waals surface area contributed by atoms with Crippen LogP contribution in [0.25, 0.3) is 0 Å². The molecule has 0 saturated carbocycles. The van der Waals surface area contributed by atoms with E-state index in [1.54, 1.807) is 0 Å². The van der Waals surface area contributed by atoms with Crippen molar-refractivity contribution in [1.82, 2.24) is 10.2 Å². The zero-order valence-corrected chi connectivity index (χ0v) is 12.4. The second-order valence-corrected chi connectivity index (χ2v) is 5.26. The van der Waals surface area contributed by atoms with Crippen molar-refractivity contribution >= 4 is 11.8 Å². The van der Waals surface area contributed by atoms with Gasteiger partial charge in [0.05, 0.1) is 19.3 Å². The van der Waals surface area contributed by atoms with Crippen molar-refractivity contribution in [3.63, 3.8) is 0 Å². The second kappa shape index (κ2) is 7.85. The van der Waals surface area contributed by atoms with Crippen molar-refractivity contribution in [2.75, 3.05) is 26.3 Å². The van der Waals surface area contributed by atoms with Crippen LogP contribution in [0.2, 0.25) is 0 Å². The largest absolute Gasteiger partial charge is 0.377 e. The van der Waals surface area contributed by atoms with E-state index >= 15 is 0 Å². The van der Waals surface area contributed by atoms with Gasteiger partial charge >= 0.3 is 0 Å². The van der Waals surface area contributed by atoms with Crippen LogP contribution in [0.3, 0.4) is 0 Å². The van der Waals surface area contributed by atoms with Gasteiger partial charge in [0.15, 0.2) is 0 Å². The molecule has 2 atom stereocenters. The highest BCUT2D eigenvalue weighted by atomic mass is 16.5. The van der Waals surface area contributed by atoms with Crippen molar-refractivity contribution < 1.29 is 14.3 Å². The summed E-state index contributed by atoms with van der Waals surface area (Å²) in [4.78, 5) is 26.0. The Balaban J connectivity index is 2.80. The van der Waals surface area contributed by atoms with Gasteiger partial charge in [0.25, 0.3) is 0 Å². The minimum absolute atomic E-state index is 0.0744. The maximum absolute atomic E-state index is 12.4. The maximum Gasteiger partial charge on any atom is 0.245 e. The Morgan fingerprint density at radius 3 is 2.75 bits per heavy atom. The number of amides is 2. The zero-order chi connectivity index (χ0) is 15.1. The van der Waals surface area contributed by atoms with Gasteiger partial charge in [-0.25, -0.2) is 0 Å². The SMILES string of the molecule is CCCNC(=O)C1COCCN1C(=O)C(C#N)C(C)C. The number of ether oxygens (including phenoxy) is 1. The van der Waals surface area contributed by atoms with E-state index in [1.807, 2.05) is 26.8 Å². The fourth-order valence-electron chi connectivity index (χ4n) is 2.12. The number of nitrogens with one attached hydrogen (secondary N) is 1. The molecule has 1 aliphatic heterocycles. The molecule has 6 heteroatoms. The fraction of sp³-hybridized carbons (Fsp3) is 0.786. The van der Waals surface area contributed by atoms with E-state index in [2.05, 4.69) is 5.32 Å². The van der Waals surface area contributed by atoms with Crippen LogP contribution in [0.1, 0.15) is 27.2 Å². The van der Waals surface area contributed by atoms with E-state index in [0.717, 1.165) is 6.42 Å². The van der Waals surface area contributed by atoms with Gasteiger partial charge in [-0.2, -0.15) is 5.26 Å². The molecule has 1 aliphatic rings. The predicted molar refractivity (Wildman–Crippen MR) is 73.6 cm³/mol. The van der Waals surface area contributed by atoms with Crippen LogP contribution in [0.4, 0.5) is 0 Å². The molecule has 0 aliphatic carbocycles. The van der Waals surface area contributed by atoms with Gasteiger partial charge in [-0.3, -0.25) is 9.59 Å². The van der Waals surface area contributed by atoms with Gasteiger partial charge in [0.2, 0.25) is 11.8 Å². The first-order chi connectivity index (χ1) is 9.52. The molecule has 6 nitrogen and oxygen atoms in total. The third-order valence-electron chi connectivity index (χ3n) is 3.34. The number of carbonyl (C=O) groups is 2. The Morgan fingerprint density at radius 1 is 1.50 bits per heavy atom. The molecule has 1 rings (SSSR count). The molecule has 0 aromatic carbocycles. The van der Waals surface area contributed by atoms with E-state index < -0.39 is 12.0 Å². The Hall–Kier alpha value is -1.61. The summed E-state index contributed by atoms with van der Waals surface area (Å²) >= 11 is 0. The monoisotopic (exact) mass is 281 g/mol. The molecular formula is C14H23N3O3. The smallest absolute Gasteiger partial charge is 0.245 e. The van der Waals surface area contributed by atoms with E-state index in [0.29, 0.717) is 19.7 Å². The van der Waals surface area contributed by atoms with Crippen molar-refractivity contribution in [3.05, 3.63) is 0 Å². The summed E-state index contributed by atoms with van der Waals surface area (Å²) in [6.07, 6.45) is 0.833. The Morgan fingerprint density at radius 2 is 2.20 bits per heavy atom. The molecule has 1 N–H and O–H groups in total. The number of rotatable bonds is 5. The molecule has 1 fully saturated rings. The summed E-state index contributed by atoms with van der Waals surface area (Å²) in [5, 5.41) is 11.9. The third-order valence-corrected chi connectivity index (χ3v) is 3.34. The van der Waals surface area contributed by atoms with Gasteiger partial charge in [-0.15, -0.1) is 0 Å². The molecule has 112 valence electrons. The maximum atomic E-state index is 12.4. The van der Waals surface area contributed by atoms with Crippen LogP contribution in [-0.4, -0.2) is 49.1 Å². The van der Waals surface area contributed by atoms with Crippen molar-refractivity contribution in [2.24, 2.45) is 11.8 Å². The minimum Gasteiger partial charge on any atom is -0.377 e. The standard InChI is InChI=1S/C14H23N3O3/c1-4-5-16-13(18)12-9-20-7-6-17(12)14(19)11(8-15)10(2)3/h10-12H,4-7,9H2,1-3H3,(H,16,18). The van der Waals surface area contributed by atoms with E-state index in [9.17, 15) is 9.59 Å². The van der Waals surface area contributed by atoms with Crippen molar-refractivity contribution in [2.45, 2.75) is 33.2 Å². The Kier molecular flexibility index (Phi) is 6.46. The van der Waals surface area contributed by atoms with Gasteiger partial charge in [-0.05, 0) is 12.3 Å². The Bertz CT molecular complexity index is 390. The lowest BCUT2D eigenvalue weighted by molar-refractivity contribution is -0.151. The van der Waals surface area contributed by atoms with E-state index in [-0.39, 0.29) is 24.3 Å². The molecule has 0 aromatic rings. The third kappa shape index (κ3) is 3.94. The van der Waals surface area contributed by atoms with Crippen LogP contribution in [0, 0.1) is 23.2 Å². The summed E-state index contributed by atoms with van der Waals surface area (Å²) in [5.74, 6) is -1.27. The van der Waals surface area contributed by atoms with E-state index in [4.69, 9.17) is 10.00 Å². The number of hydrogen-bond acceptors (Lipinski definition) is 4. The minimum atomic E-state index is -0.713. The number of nitrogens with zero attached hydrogens (tertiary/aromatic N) is 2. The summed E-state index contributed by atoms with van der Waals surface area (Å²) in [5.41, 5.74) is 0. The predicted octanol–water partition coefficient (Wildman–Crippen LogP) is 0.536. The van der Waals surface area contributed by atoms with Gasteiger partial charge < -0.3 is 15.0 Å². The Labute approximate surface area is 120 Å². The van der Waals surface area contributed by atoms with Crippen LogP contribution in [-0.2, 0) is 14.3 Å². The molecule has 0 spiro atoms. The summed E-state index contributed by atoms with van der Waals surface area (Å²) in [6.45, 7) is 7.15. The number of morpholine rings is 1. The van der Waals surface area contributed by atoms with Crippen LogP contribution in [0.5, 0.6) is 0 Å². The topological polar surface area (TPSA) is 82.4 Å². The first-order valence-electron chi connectivity index (χ1n) is 7.08. The average Bonchev–Trinajstić information content (AvgIpc) is 2.45. The lowest BCUT2D eigenvalue weighted by atomic mass is 9.95. The quantitative estimate of drug-likeness (QED) is 0.797. The molecule has 20 heavy (non-hydrogen) atoms. The summed E-state index contributed by atoms with van der Waals surface area (Å²) in [7, 11) is 0. The van der Waals surface area contributed by atoms with Gasteiger partial charge in [0.1, 0.15) is 12.0 Å². The number of nitriles is 1. The molecule has 1 saturated heterocycles. The van der Waals surface area contributed by atoms with Crippen molar-refractivity contribution in [1.29, 1.82) is 5.26 Å². The van der Waals surface area contributed by atoms with E-state index in [1.165, 1.54) is 4.90 Å². The molecule has 1 heterocycles. The fourth-order valence-corrected chi connectivity index (χ4v) is 2.12. The lowest BCUT2D eigenvalue weighted by Crippen LogP contribution is -2.57. The van der Waals surface area contributed by atoms with Crippen LogP contribution >= 0.6 is 0 Å². The number of hydrogen-bond donors (Lipinski definition) is 1. The van der Waals surface area contributed by atoms with Crippen LogP contribution < -0.4 is 5.32 Å². The van der Waals surface area contributed by atoms with Crippen LogP contribution in [0.15, 0.2) is 0 Å². The second-order valence-electron chi connectivity index (χ2n) is 5.26. The summed E-state index contributed by atoms with van der Waals surface area (Å²) in [6, 6.07) is 1.41. The highest BCUT2D eigenvalue weighted by Gasteiger charge is 2.36. The molecule has 0 radical (unpaired) electrons. The zero-order valence-electron chi connectivity index (χ0n) is 12.4. The molecular weight excluding hydrogens is 258 g/mol. The molecule has 0 aromatic heterocycles. The highest BCUT2D eigenvalue weighted by Crippen LogP contribution is 2.17. The van der Waals surface area contributed by atoms with Crippen molar-refractivity contribution in [3.8, 4) is 6.07 Å². The molecule has 2 unspecified atom stereocenters. The highest BCUT2D eigenvalue weighted by molar-refractivity contribution is 5.89. The van der Waals surface area contributed by atoms with Gasteiger partial charge in [-0.1, -0.05) is 20.8 Å². The average molecular weight is 281 g/mol. The normalized spacial score (nSPS) is 20.4.